The number of nitrogens with zero attached hydrogens (tertiary/aromatic N) is 6. The number of carbonyl (C=O) groups excluding carboxylic acids is 1. The molecule has 1 amide bonds. The van der Waals surface area contributed by atoms with E-state index in [-0.39, 0.29) is 5.91 Å². The molecule has 194 valence electrons. The summed E-state index contributed by atoms with van der Waals surface area (Å²) in [5, 5.41) is 19.8. The number of nitrogens with two attached hydrogens (primary N) is 1. The summed E-state index contributed by atoms with van der Waals surface area (Å²) in [7, 11) is 0. The van der Waals surface area contributed by atoms with Crippen LogP contribution in [-0.2, 0) is 16.9 Å². The summed E-state index contributed by atoms with van der Waals surface area (Å²) in [5.41, 5.74) is 7.88. The molecular weight excluding hydrogens is 479 g/mol. The van der Waals surface area contributed by atoms with E-state index >= 15 is 0 Å². The first kappa shape index (κ1) is 26.9. The number of hydrogen-bond donors (Lipinski definition) is 2. The van der Waals surface area contributed by atoms with Crippen LogP contribution >= 0.6 is 0 Å². The summed E-state index contributed by atoms with van der Waals surface area (Å²) < 4.78 is 35.3. The van der Waals surface area contributed by atoms with Gasteiger partial charge in [0.1, 0.15) is 5.69 Å². The van der Waals surface area contributed by atoms with Crippen LogP contribution in [0.4, 0.5) is 13.2 Å². The number of rotatable bonds is 5. The maximum Gasteiger partial charge on any atom is 0.490 e. The Balaban J connectivity index is 0.000000454. The average Bonchev–Trinajstić information content (AvgIpc) is 3.51. The van der Waals surface area contributed by atoms with Gasteiger partial charge in [-0.05, 0) is 50.8 Å². The number of carboxylic acids is 1. The normalized spacial score (nSPS) is 14.8. The predicted molar refractivity (Wildman–Crippen MR) is 123 cm³/mol. The molecule has 0 spiro atoms. The number of carboxylic acid groups (broad SMARTS) is 1. The molecule has 0 radical (unpaired) electrons. The number of likely N-dealkylation sites (tertiary alicyclic amines) is 1. The molecule has 3 N–H and O–H groups in total. The van der Waals surface area contributed by atoms with Crippen molar-refractivity contribution in [3.63, 3.8) is 0 Å². The van der Waals surface area contributed by atoms with E-state index in [9.17, 15) is 18.0 Å². The lowest BCUT2D eigenvalue weighted by Gasteiger charge is -2.32. The van der Waals surface area contributed by atoms with E-state index < -0.39 is 17.7 Å². The van der Waals surface area contributed by atoms with Crippen LogP contribution < -0.4 is 5.73 Å². The monoisotopic (exact) mass is 507 g/mol. The maximum absolute atomic E-state index is 13.1. The minimum absolute atomic E-state index is 0.0578. The highest BCUT2D eigenvalue weighted by molar-refractivity contribution is 5.97. The van der Waals surface area contributed by atoms with Gasteiger partial charge in [-0.25, -0.2) is 9.48 Å². The van der Waals surface area contributed by atoms with Crippen molar-refractivity contribution in [2.24, 2.45) is 11.7 Å². The Bertz CT molecular complexity index is 1160. The number of para-hydroxylation sites is 1. The van der Waals surface area contributed by atoms with E-state index in [0.29, 0.717) is 11.5 Å². The first-order chi connectivity index (χ1) is 16.9. The van der Waals surface area contributed by atoms with Crippen LogP contribution in [0.25, 0.3) is 5.69 Å². The lowest BCUT2D eigenvalue weighted by molar-refractivity contribution is -0.192. The summed E-state index contributed by atoms with van der Waals surface area (Å²) in [6.45, 7) is 6.12. The van der Waals surface area contributed by atoms with E-state index in [2.05, 4.69) is 15.4 Å². The number of benzene rings is 1. The predicted octanol–water partition coefficient (Wildman–Crippen LogP) is 2.84. The molecule has 2 aromatic heterocycles. The van der Waals surface area contributed by atoms with Crippen LogP contribution in [0.5, 0.6) is 0 Å². The first-order valence-electron chi connectivity index (χ1n) is 11.2. The number of amides is 1. The summed E-state index contributed by atoms with van der Waals surface area (Å²) >= 11 is 0. The minimum Gasteiger partial charge on any atom is -0.475 e. The summed E-state index contributed by atoms with van der Waals surface area (Å²) in [6.07, 6.45) is 2.30. The number of halogens is 3. The second-order valence-corrected chi connectivity index (χ2v) is 9.05. The Kier molecular flexibility index (Phi) is 8.13. The van der Waals surface area contributed by atoms with Crippen molar-refractivity contribution in [1.29, 1.82) is 0 Å². The van der Waals surface area contributed by atoms with Crippen molar-refractivity contribution >= 4 is 11.9 Å². The molecule has 1 aliphatic rings. The Morgan fingerprint density at radius 1 is 1.14 bits per heavy atom. The lowest BCUT2D eigenvalue weighted by atomic mass is 9.96. The fourth-order valence-corrected chi connectivity index (χ4v) is 3.70. The SMILES string of the molecule is CC(C)(N)c1cn(CC2CCN(C(=O)c3ccccc3-n3cccn3)CC2)nn1.O=C(O)C(F)(F)F. The fourth-order valence-electron chi connectivity index (χ4n) is 3.70. The van der Waals surface area contributed by atoms with Crippen LogP contribution in [0, 0.1) is 5.92 Å². The van der Waals surface area contributed by atoms with Crippen molar-refractivity contribution in [3.05, 3.63) is 60.2 Å². The zero-order valence-electron chi connectivity index (χ0n) is 19.9. The molecule has 36 heavy (non-hydrogen) atoms. The van der Waals surface area contributed by atoms with Crippen LogP contribution in [0.3, 0.4) is 0 Å². The van der Waals surface area contributed by atoms with Crippen LogP contribution in [-0.4, -0.2) is 65.9 Å². The third-order valence-corrected chi connectivity index (χ3v) is 5.67. The van der Waals surface area contributed by atoms with Gasteiger partial charge in [-0.3, -0.25) is 9.48 Å². The number of piperidine rings is 1. The molecule has 0 bridgehead atoms. The molecule has 13 heteroatoms. The van der Waals surface area contributed by atoms with Gasteiger partial charge in [0.25, 0.3) is 5.91 Å². The second-order valence-electron chi connectivity index (χ2n) is 9.05. The van der Waals surface area contributed by atoms with Crippen molar-refractivity contribution in [1.82, 2.24) is 29.7 Å². The van der Waals surface area contributed by atoms with Gasteiger partial charge in [0.2, 0.25) is 0 Å². The fraction of sp³-hybridized carbons (Fsp3) is 0.435. The largest absolute Gasteiger partial charge is 0.490 e. The summed E-state index contributed by atoms with van der Waals surface area (Å²) in [4.78, 5) is 24.0. The number of hydrogen-bond acceptors (Lipinski definition) is 6. The van der Waals surface area contributed by atoms with Crippen LogP contribution in [0.2, 0.25) is 0 Å². The zero-order valence-corrected chi connectivity index (χ0v) is 19.9. The smallest absolute Gasteiger partial charge is 0.475 e. The van der Waals surface area contributed by atoms with E-state index in [1.54, 1.807) is 10.9 Å². The molecular formula is C23H28F3N7O3. The first-order valence-corrected chi connectivity index (χ1v) is 11.2. The average molecular weight is 508 g/mol. The minimum atomic E-state index is -5.08. The molecule has 0 aliphatic carbocycles. The van der Waals surface area contributed by atoms with E-state index in [4.69, 9.17) is 15.6 Å². The van der Waals surface area contributed by atoms with Crippen molar-refractivity contribution < 1.29 is 27.9 Å². The molecule has 3 heterocycles. The molecule has 10 nitrogen and oxygen atoms in total. The molecule has 1 aliphatic heterocycles. The van der Waals surface area contributed by atoms with Gasteiger partial charge in [0.05, 0.1) is 23.0 Å². The van der Waals surface area contributed by atoms with Crippen molar-refractivity contribution in [2.75, 3.05) is 13.1 Å². The van der Waals surface area contributed by atoms with Crippen LogP contribution in [0.1, 0.15) is 42.7 Å². The van der Waals surface area contributed by atoms with E-state index in [0.717, 1.165) is 43.9 Å². The third-order valence-electron chi connectivity index (χ3n) is 5.67. The number of alkyl halides is 3. The molecule has 0 saturated carbocycles. The summed E-state index contributed by atoms with van der Waals surface area (Å²) in [6, 6.07) is 9.47. The molecule has 1 fully saturated rings. The van der Waals surface area contributed by atoms with Gasteiger partial charge in [0.15, 0.2) is 0 Å². The number of aliphatic carboxylic acids is 1. The molecule has 3 aromatic rings. The second kappa shape index (κ2) is 10.9. The highest BCUT2D eigenvalue weighted by Gasteiger charge is 2.38. The van der Waals surface area contributed by atoms with E-state index in [1.165, 1.54) is 0 Å². The number of aromatic nitrogens is 5. The van der Waals surface area contributed by atoms with E-state index in [1.807, 2.05) is 66.2 Å². The van der Waals surface area contributed by atoms with Gasteiger partial charge in [-0.15, -0.1) is 5.10 Å². The third kappa shape index (κ3) is 6.90. The Labute approximate surface area is 205 Å². The number of carbonyl (C=O) groups is 2. The van der Waals surface area contributed by atoms with Gasteiger partial charge in [0, 0.05) is 32.0 Å². The molecule has 4 rings (SSSR count). The van der Waals surface area contributed by atoms with Crippen LogP contribution in [0.15, 0.2) is 48.9 Å². The van der Waals surface area contributed by atoms with Crippen molar-refractivity contribution in [3.8, 4) is 5.69 Å². The van der Waals surface area contributed by atoms with Gasteiger partial charge in [-0.2, -0.15) is 18.3 Å². The molecule has 0 atom stereocenters. The Hall–Kier alpha value is -3.74. The van der Waals surface area contributed by atoms with Gasteiger partial charge < -0.3 is 15.7 Å². The highest BCUT2D eigenvalue weighted by Crippen LogP contribution is 2.23. The standard InChI is InChI=1S/C21H27N7O.C2HF3O2/c1-21(2,22)19-15-27(25-24-19)14-16-8-12-26(13-9-16)20(29)17-6-3-4-7-18(17)28-11-5-10-23-28;3-2(4,5)1(6)7/h3-7,10-11,15-16H,8-9,12-14,22H2,1-2H3;(H,6,7). The summed E-state index contributed by atoms with van der Waals surface area (Å²) in [5.74, 6) is -2.23. The maximum atomic E-state index is 13.1. The highest BCUT2D eigenvalue weighted by atomic mass is 19.4. The Morgan fingerprint density at radius 3 is 2.31 bits per heavy atom. The topological polar surface area (TPSA) is 132 Å². The lowest BCUT2D eigenvalue weighted by Crippen LogP contribution is -2.39. The molecule has 0 unspecified atom stereocenters. The molecule has 1 saturated heterocycles. The van der Waals surface area contributed by atoms with Gasteiger partial charge in [-0.1, -0.05) is 17.3 Å². The van der Waals surface area contributed by atoms with Gasteiger partial charge >= 0.3 is 12.1 Å². The Morgan fingerprint density at radius 2 is 1.78 bits per heavy atom. The quantitative estimate of drug-likeness (QED) is 0.543. The molecule has 1 aromatic carbocycles. The zero-order chi connectivity index (χ0) is 26.5. The van der Waals surface area contributed by atoms with Crippen molar-refractivity contribution in [2.45, 2.75) is 44.9 Å².